The smallest absolute Gasteiger partial charge is 0.338 e. The van der Waals surface area contributed by atoms with Crippen molar-refractivity contribution in [1.82, 2.24) is 0 Å². The van der Waals surface area contributed by atoms with Gasteiger partial charge in [0, 0.05) is 5.56 Å². The zero-order valence-corrected chi connectivity index (χ0v) is 12.6. The van der Waals surface area contributed by atoms with E-state index in [1.807, 2.05) is 0 Å². The second kappa shape index (κ2) is 6.76. The van der Waals surface area contributed by atoms with E-state index in [4.69, 9.17) is 14.2 Å². The van der Waals surface area contributed by atoms with Crippen LogP contribution < -0.4 is 9.47 Å². The summed E-state index contributed by atoms with van der Waals surface area (Å²) in [4.78, 5) is 24.7. The number of hydrogen-bond donors (Lipinski definition) is 0. The first kappa shape index (κ1) is 15.6. The van der Waals surface area contributed by atoms with Gasteiger partial charge in [-0.2, -0.15) is 0 Å². The lowest BCUT2D eigenvalue weighted by atomic mass is 9.97. The summed E-state index contributed by atoms with van der Waals surface area (Å²) < 4.78 is 15.2. The van der Waals surface area contributed by atoms with Gasteiger partial charge in [0.05, 0.1) is 26.9 Å². The van der Waals surface area contributed by atoms with E-state index < -0.39 is 5.97 Å². The molecule has 0 atom stereocenters. The summed E-state index contributed by atoms with van der Waals surface area (Å²) in [5, 5.41) is 0. The van der Waals surface area contributed by atoms with Crippen molar-refractivity contribution >= 4 is 11.8 Å². The van der Waals surface area contributed by atoms with Gasteiger partial charge in [-0.3, -0.25) is 4.79 Å². The average molecular weight is 300 g/mol. The Morgan fingerprint density at radius 2 is 1.32 bits per heavy atom. The molecule has 5 heteroatoms. The third-order valence-electron chi connectivity index (χ3n) is 3.23. The van der Waals surface area contributed by atoms with Crippen LogP contribution in [0.5, 0.6) is 11.5 Å². The van der Waals surface area contributed by atoms with Crippen molar-refractivity contribution in [3.63, 3.8) is 0 Å². The minimum atomic E-state index is -0.571. The SMILES string of the molecule is COC(=O)c1ccccc1C(=O)c1c(OC)cccc1OC. The van der Waals surface area contributed by atoms with E-state index in [1.165, 1.54) is 21.3 Å². The number of rotatable bonds is 5. The molecule has 0 bridgehead atoms. The van der Waals surface area contributed by atoms with E-state index in [2.05, 4.69) is 0 Å². The van der Waals surface area contributed by atoms with Crippen LogP contribution in [0.25, 0.3) is 0 Å². The number of ether oxygens (including phenoxy) is 3. The Bertz CT molecular complexity index is 684. The molecular formula is C17H16O5. The maximum absolute atomic E-state index is 12.9. The second-order valence-electron chi connectivity index (χ2n) is 4.40. The molecule has 2 rings (SSSR count). The number of ketones is 1. The zero-order chi connectivity index (χ0) is 16.1. The Balaban J connectivity index is 2.61. The molecule has 0 spiro atoms. The third kappa shape index (κ3) is 2.79. The number of esters is 1. The van der Waals surface area contributed by atoms with Crippen LogP contribution in [-0.4, -0.2) is 33.1 Å². The Morgan fingerprint density at radius 3 is 1.82 bits per heavy atom. The highest BCUT2D eigenvalue weighted by atomic mass is 16.5. The summed E-state index contributed by atoms with van der Waals surface area (Å²) >= 11 is 0. The molecule has 2 aromatic carbocycles. The Kier molecular flexibility index (Phi) is 4.78. The molecule has 0 unspecified atom stereocenters. The van der Waals surface area contributed by atoms with Crippen LogP contribution in [0.1, 0.15) is 26.3 Å². The van der Waals surface area contributed by atoms with Gasteiger partial charge in [0.25, 0.3) is 0 Å². The molecule has 0 N–H and O–H groups in total. The van der Waals surface area contributed by atoms with Crippen molar-refractivity contribution in [3.8, 4) is 11.5 Å². The quantitative estimate of drug-likeness (QED) is 0.627. The molecule has 0 aromatic heterocycles. The fourth-order valence-electron chi connectivity index (χ4n) is 2.18. The fourth-order valence-corrected chi connectivity index (χ4v) is 2.18. The molecule has 0 fully saturated rings. The molecule has 22 heavy (non-hydrogen) atoms. The zero-order valence-electron chi connectivity index (χ0n) is 12.6. The van der Waals surface area contributed by atoms with Gasteiger partial charge in [0.15, 0.2) is 0 Å². The fraction of sp³-hybridized carbons (Fsp3) is 0.176. The molecule has 0 amide bonds. The molecule has 5 nitrogen and oxygen atoms in total. The molecule has 2 aromatic rings. The van der Waals surface area contributed by atoms with Crippen LogP contribution in [0.2, 0.25) is 0 Å². The highest BCUT2D eigenvalue weighted by Crippen LogP contribution is 2.31. The second-order valence-corrected chi connectivity index (χ2v) is 4.40. The van der Waals surface area contributed by atoms with Crippen molar-refractivity contribution in [2.75, 3.05) is 21.3 Å². The normalized spacial score (nSPS) is 9.95. The van der Waals surface area contributed by atoms with Crippen LogP contribution in [0.3, 0.4) is 0 Å². The first-order chi connectivity index (χ1) is 10.6. The average Bonchev–Trinajstić information content (AvgIpc) is 2.59. The molecule has 0 aliphatic carbocycles. The predicted octanol–water partition coefficient (Wildman–Crippen LogP) is 2.72. The first-order valence-corrected chi connectivity index (χ1v) is 6.57. The third-order valence-corrected chi connectivity index (χ3v) is 3.23. The highest BCUT2D eigenvalue weighted by molar-refractivity contribution is 6.17. The summed E-state index contributed by atoms with van der Waals surface area (Å²) in [5.41, 5.74) is 0.698. The molecule has 0 aliphatic heterocycles. The molecule has 0 radical (unpaired) electrons. The minimum absolute atomic E-state index is 0.197. The molecular weight excluding hydrogens is 284 g/mol. The van der Waals surface area contributed by atoms with Gasteiger partial charge in [-0.25, -0.2) is 4.79 Å². The minimum Gasteiger partial charge on any atom is -0.496 e. The molecule has 0 heterocycles. The number of carbonyl (C=O) groups is 2. The van der Waals surface area contributed by atoms with Crippen molar-refractivity contribution in [3.05, 3.63) is 59.2 Å². The monoisotopic (exact) mass is 300 g/mol. The number of carbonyl (C=O) groups excluding carboxylic acids is 2. The van der Waals surface area contributed by atoms with Crippen LogP contribution >= 0.6 is 0 Å². The van der Waals surface area contributed by atoms with E-state index in [0.717, 1.165) is 0 Å². The van der Waals surface area contributed by atoms with E-state index in [-0.39, 0.29) is 22.5 Å². The van der Waals surface area contributed by atoms with E-state index in [0.29, 0.717) is 11.5 Å². The van der Waals surface area contributed by atoms with Crippen LogP contribution in [0.4, 0.5) is 0 Å². The summed E-state index contributed by atoms with van der Waals surface area (Å²) in [6.45, 7) is 0. The maximum Gasteiger partial charge on any atom is 0.338 e. The lowest BCUT2D eigenvalue weighted by molar-refractivity contribution is 0.0597. The van der Waals surface area contributed by atoms with Gasteiger partial charge in [-0.15, -0.1) is 0 Å². The van der Waals surface area contributed by atoms with Gasteiger partial charge >= 0.3 is 5.97 Å². The predicted molar refractivity (Wildman–Crippen MR) is 80.8 cm³/mol. The lowest BCUT2D eigenvalue weighted by Crippen LogP contribution is -2.13. The van der Waals surface area contributed by atoms with Gasteiger partial charge in [-0.1, -0.05) is 24.3 Å². The molecule has 114 valence electrons. The van der Waals surface area contributed by atoms with Crippen molar-refractivity contribution < 1.29 is 23.8 Å². The van der Waals surface area contributed by atoms with Gasteiger partial charge in [0.2, 0.25) is 5.78 Å². The number of methoxy groups -OCH3 is 3. The Morgan fingerprint density at radius 1 is 0.773 bits per heavy atom. The standard InChI is InChI=1S/C17H16O5/c1-20-13-9-6-10-14(21-2)15(13)16(18)11-7-4-5-8-12(11)17(19)22-3/h4-10H,1-3H3. The van der Waals surface area contributed by atoms with Crippen molar-refractivity contribution in [1.29, 1.82) is 0 Å². The number of benzene rings is 2. The molecule has 0 aliphatic rings. The topological polar surface area (TPSA) is 61.8 Å². The maximum atomic E-state index is 12.9. The molecule has 0 saturated carbocycles. The van der Waals surface area contributed by atoms with Crippen LogP contribution in [-0.2, 0) is 4.74 Å². The summed E-state index contributed by atoms with van der Waals surface area (Å²) in [6.07, 6.45) is 0. The van der Waals surface area contributed by atoms with E-state index in [9.17, 15) is 9.59 Å². The van der Waals surface area contributed by atoms with E-state index in [1.54, 1.807) is 42.5 Å². The highest BCUT2D eigenvalue weighted by Gasteiger charge is 2.24. The summed E-state index contributed by atoms with van der Waals surface area (Å²) in [7, 11) is 4.21. The summed E-state index contributed by atoms with van der Waals surface area (Å²) in [6, 6.07) is 11.5. The van der Waals surface area contributed by atoms with E-state index >= 15 is 0 Å². The van der Waals surface area contributed by atoms with Gasteiger partial charge in [0.1, 0.15) is 17.1 Å². The van der Waals surface area contributed by atoms with Gasteiger partial charge < -0.3 is 14.2 Å². The first-order valence-electron chi connectivity index (χ1n) is 6.57. The van der Waals surface area contributed by atoms with Crippen molar-refractivity contribution in [2.24, 2.45) is 0 Å². The van der Waals surface area contributed by atoms with Crippen LogP contribution in [0, 0.1) is 0 Å². The number of hydrogen-bond acceptors (Lipinski definition) is 5. The Labute approximate surface area is 128 Å². The molecule has 0 saturated heterocycles. The van der Waals surface area contributed by atoms with Crippen LogP contribution in [0.15, 0.2) is 42.5 Å². The van der Waals surface area contributed by atoms with Gasteiger partial charge in [-0.05, 0) is 18.2 Å². The summed E-state index contributed by atoms with van der Waals surface area (Å²) in [5.74, 6) is -0.179. The lowest BCUT2D eigenvalue weighted by Gasteiger charge is -2.13. The Hall–Kier alpha value is -2.82. The van der Waals surface area contributed by atoms with Crippen molar-refractivity contribution in [2.45, 2.75) is 0 Å². The largest absolute Gasteiger partial charge is 0.496 e.